The number of para-hydroxylation sites is 1. The molecule has 0 aliphatic carbocycles. The highest BCUT2D eigenvalue weighted by molar-refractivity contribution is 6.04. The first-order valence-corrected chi connectivity index (χ1v) is 10.8. The second-order valence-corrected chi connectivity index (χ2v) is 8.00. The number of amides is 1. The minimum Gasteiger partial charge on any atom is -0.336 e. The topological polar surface area (TPSA) is 70.1 Å². The van der Waals surface area contributed by atoms with Crippen molar-refractivity contribution in [3.8, 4) is 0 Å². The summed E-state index contributed by atoms with van der Waals surface area (Å²) in [4.78, 5) is 22.0. The van der Waals surface area contributed by atoms with Gasteiger partial charge in [-0.05, 0) is 18.1 Å². The highest BCUT2D eigenvalue weighted by atomic mass is 16.2. The van der Waals surface area contributed by atoms with Crippen LogP contribution in [0.5, 0.6) is 0 Å². The number of benzene rings is 2. The largest absolute Gasteiger partial charge is 0.336 e. The normalized spacial score (nSPS) is 15.3. The van der Waals surface area contributed by atoms with Crippen LogP contribution in [0, 0.1) is 0 Å². The van der Waals surface area contributed by atoms with Gasteiger partial charge in [-0.25, -0.2) is 4.98 Å². The lowest BCUT2D eigenvalue weighted by atomic mass is 10.2. The van der Waals surface area contributed by atoms with Crippen LogP contribution in [0.1, 0.15) is 28.3 Å². The number of hydrogen-bond donors (Lipinski definition) is 1. The third kappa shape index (κ3) is 4.22. The molecule has 0 radical (unpaired) electrons. The van der Waals surface area contributed by atoms with Crippen LogP contribution in [0.15, 0.2) is 67.0 Å². The van der Waals surface area contributed by atoms with Gasteiger partial charge >= 0.3 is 0 Å². The maximum atomic E-state index is 13.1. The zero-order chi connectivity index (χ0) is 21.0. The lowest BCUT2D eigenvalue weighted by Crippen LogP contribution is -2.35. The first-order chi connectivity index (χ1) is 15.3. The molecule has 1 aliphatic rings. The van der Waals surface area contributed by atoms with E-state index in [9.17, 15) is 4.79 Å². The van der Waals surface area contributed by atoms with Crippen molar-refractivity contribution in [2.45, 2.75) is 19.5 Å². The Bertz CT molecular complexity index is 1170. The molecule has 158 valence electrons. The molecule has 2 aromatic carbocycles. The number of imidazole rings is 1. The fourth-order valence-electron chi connectivity index (χ4n) is 4.22. The Morgan fingerprint density at radius 3 is 2.68 bits per heavy atom. The Morgan fingerprint density at radius 2 is 1.77 bits per heavy atom. The third-order valence-electron chi connectivity index (χ3n) is 5.91. The number of fused-ring (bicyclic) bond motifs is 1. The zero-order valence-corrected chi connectivity index (χ0v) is 17.4. The molecule has 0 spiro atoms. The van der Waals surface area contributed by atoms with Gasteiger partial charge < -0.3 is 9.47 Å². The van der Waals surface area contributed by atoms with Gasteiger partial charge in [0.1, 0.15) is 5.82 Å². The highest BCUT2D eigenvalue weighted by Gasteiger charge is 2.24. The molecule has 4 aromatic rings. The standard InChI is InChI=1S/C24H26N6O/c31-24(23-20-9-4-5-10-21(20)26-27-23)29-13-6-12-28(15-16-29)18-22-25-11-14-30(22)17-19-7-2-1-3-8-19/h1-5,7-11,14H,6,12-13,15-18H2,(H,26,27). The molecule has 3 heterocycles. The van der Waals surface area contributed by atoms with Crippen LogP contribution in [0.3, 0.4) is 0 Å². The van der Waals surface area contributed by atoms with E-state index in [1.165, 1.54) is 5.56 Å². The van der Waals surface area contributed by atoms with Gasteiger partial charge in [-0.1, -0.05) is 48.5 Å². The monoisotopic (exact) mass is 414 g/mol. The van der Waals surface area contributed by atoms with E-state index >= 15 is 0 Å². The summed E-state index contributed by atoms with van der Waals surface area (Å²) < 4.78 is 2.21. The van der Waals surface area contributed by atoms with Gasteiger partial charge in [0.2, 0.25) is 0 Å². The molecular formula is C24H26N6O. The number of rotatable bonds is 5. The Labute approximate surface area is 181 Å². The average Bonchev–Trinajstić information content (AvgIpc) is 3.35. The maximum absolute atomic E-state index is 13.1. The van der Waals surface area contributed by atoms with E-state index in [-0.39, 0.29) is 5.91 Å². The van der Waals surface area contributed by atoms with E-state index in [1.54, 1.807) is 0 Å². The van der Waals surface area contributed by atoms with Crippen LogP contribution in [-0.4, -0.2) is 61.6 Å². The molecule has 7 heteroatoms. The minimum atomic E-state index is 0.00452. The van der Waals surface area contributed by atoms with Gasteiger partial charge in [-0.3, -0.25) is 14.8 Å². The zero-order valence-electron chi connectivity index (χ0n) is 17.4. The number of aromatic amines is 1. The molecule has 1 saturated heterocycles. The van der Waals surface area contributed by atoms with E-state index in [1.807, 2.05) is 47.6 Å². The summed E-state index contributed by atoms with van der Waals surface area (Å²) in [5.74, 6) is 1.06. The van der Waals surface area contributed by atoms with Crippen molar-refractivity contribution in [3.05, 3.63) is 84.1 Å². The first-order valence-electron chi connectivity index (χ1n) is 10.8. The van der Waals surface area contributed by atoms with Crippen LogP contribution >= 0.6 is 0 Å². The Kier molecular flexibility index (Phi) is 5.50. The number of nitrogens with zero attached hydrogens (tertiary/aromatic N) is 5. The van der Waals surface area contributed by atoms with E-state index in [4.69, 9.17) is 0 Å². The number of nitrogens with one attached hydrogen (secondary N) is 1. The van der Waals surface area contributed by atoms with Crippen molar-refractivity contribution in [3.63, 3.8) is 0 Å². The van der Waals surface area contributed by atoms with Gasteiger partial charge in [0.05, 0.1) is 12.1 Å². The third-order valence-corrected chi connectivity index (χ3v) is 5.91. The van der Waals surface area contributed by atoms with E-state index in [0.717, 1.165) is 55.9 Å². The summed E-state index contributed by atoms with van der Waals surface area (Å²) in [5, 5.41) is 8.14. The molecule has 7 nitrogen and oxygen atoms in total. The van der Waals surface area contributed by atoms with E-state index in [2.05, 4.69) is 48.9 Å². The molecule has 5 rings (SSSR count). The van der Waals surface area contributed by atoms with Gasteiger partial charge in [0.15, 0.2) is 5.69 Å². The summed E-state index contributed by atoms with van der Waals surface area (Å²) in [6.07, 6.45) is 4.85. The van der Waals surface area contributed by atoms with Crippen LogP contribution in [0.4, 0.5) is 0 Å². The second kappa shape index (κ2) is 8.73. The van der Waals surface area contributed by atoms with Crippen molar-refractivity contribution in [2.75, 3.05) is 26.2 Å². The fraction of sp³-hybridized carbons (Fsp3) is 0.292. The molecule has 1 amide bonds. The number of carbonyl (C=O) groups excluding carboxylic acids is 1. The summed E-state index contributed by atoms with van der Waals surface area (Å²) >= 11 is 0. The molecule has 0 saturated carbocycles. The van der Waals surface area contributed by atoms with Crippen molar-refractivity contribution in [2.24, 2.45) is 0 Å². The Balaban J connectivity index is 1.24. The van der Waals surface area contributed by atoms with Crippen LogP contribution < -0.4 is 0 Å². The number of hydrogen-bond acceptors (Lipinski definition) is 4. The fourth-order valence-corrected chi connectivity index (χ4v) is 4.22. The summed E-state index contributed by atoms with van der Waals surface area (Å²) in [7, 11) is 0. The number of H-pyrrole nitrogens is 1. The molecule has 0 atom stereocenters. The number of carbonyl (C=O) groups is 1. The van der Waals surface area contributed by atoms with Gasteiger partial charge in [0, 0.05) is 50.5 Å². The SMILES string of the molecule is O=C(c1n[nH]c2ccccc12)N1CCCN(Cc2nccn2Cc2ccccc2)CC1. The molecule has 31 heavy (non-hydrogen) atoms. The lowest BCUT2D eigenvalue weighted by molar-refractivity contribution is 0.0757. The van der Waals surface area contributed by atoms with Crippen molar-refractivity contribution in [1.29, 1.82) is 0 Å². The molecule has 0 bridgehead atoms. The van der Waals surface area contributed by atoms with Crippen LogP contribution in [0.2, 0.25) is 0 Å². The molecule has 1 N–H and O–H groups in total. The lowest BCUT2D eigenvalue weighted by Gasteiger charge is -2.21. The predicted octanol–water partition coefficient (Wildman–Crippen LogP) is 3.16. The second-order valence-electron chi connectivity index (χ2n) is 8.00. The van der Waals surface area contributed by atoms with Crippen molar-refractivity contribution in [1.82, 2.24) is 29.5 Å². The first kappa shape index (κ1) is 19.5. The summed E-state index contributed by atoms with van der Waals surface area (Å²) in [5.41, 5.74) is 2.68. The van der Waals surface area contributed by atoms with Crippen molar-refractivity contribution >= 4 is 16.8 Å². The van der Waals surface area contributed by atoms with Gasteiger partial charge in [-0.15, -0.1) is 0 Å². The van der Waals surface area contributed by atoms with Gasteiger partial charge in [0.25, 0.3) is 5.91 Å². The average molecular weight is 415 g/mol. The van der Waals surface area contributed by atoms with Gasteiger partial charge in [-0.2, -0.15) is 5.10 Å². The van der Waals surface area contributed by atoms with Crippen LogP contribution in [-0.2, 0) is 13.1 Å². The highest BCUT2D eigenvalue weighted by Crippen LogP contribution is 2.18. The maximum Gasteiger partial charge on any atom is 0.275 e. The quantitative estimate of drug-likeness (QED) is 0.545. The van der Waals surface area contributed by atoms with E-state index < -0.39 is 0 Å². The Hall–Kier alpha value is -3.45. The van der Waals surface area contributed by atoms with Crippen molar-refractivity contribution < 1.29 is 4.79 Å². The summed E-state index contributed by atoms with van der Waals surface area (Å²) in [6.45, 7) is 4.82. The smallest absolute Gasteiger partial charge is 0.275 e. The molecule has 2 aromatic heterocycles. The van der Waals surface area contributed by atoms with Crippen LogP contribution in [0.25, 0.3) is 10.9 Å². The predicted molar refractivity (Wildman–Crippen MR) is 120 cm³/mol. The molecule has 0 unspecified atom stereocenters. The number of aromatic nitrogens is 4. The molecule has 1 aliphatic heterocycles. The minimum absolute atomic E-state index is 0.00452. The Morgan fingerprint density at radius 1 is 0.935 bits per heavy atom. The van der Waals surface area contributed by atoms with E-state index in [0.29, 0.717) is 12.2 Å². The summed E-state index contributed by atoms with van der Waals surface area (Å²) in [6, 6.07) is 18.2. The molecular weight excluding hydrogens is 388 g/mol. The molecule has 1 fully saturated rings.